The third kappa shape index (κ3) is 3.98. The number of nitrogens with zero attached hydrogens (tertiary/aromatic N) is 4. The number of hydrogen-bond donors (Lipinski definition) is 0. The molecule has 0 amide bonds. The van der Waals surface area contributed by atoms with Gasteiger partial charge in [0.15, 0.2) is 0 Å². The lowest BCUT2D eigenvalue weighted by atomic mass is 9.82. The number of pyridine rings is 2. The van der Waals surface area contributed by atoms with E-state index in [1.54, 1.807) is 0 Å². The maximum Gasteiger partial charge on any atom is 0.146 e. The summed E-state index contributed by atoms with van der Waals surface area (Å²) in [5.41, 5.74) is 11.3. The van der Waals surface area contributed by atoms with E-state index < -0.39 is 0 Å². The summed E-state index contributed by atoms with van der Waals surface area (Å²) < 4.78 is 2.40. The molecule has 246 valence electrons. The molecule has 4 heteroatoms. The van der Waals surface area contributed by atoms with Crippen molar-refractivity contribution in [3.63, 3.8) is 0 Å². The Kier molecular flexibility index (Phi) is 5.86. The first kappa shape index (κ1) is 28.8. The average molecular weight is 675 g/mol. The number of imidazole rings is 1. The third-order valence-electron chi connectivity index (χ3n) is 11.5. The molecular formula is C49H30N4. The van der Waals surface area contributed by atoms with Crippen molar-refractivity contribution in [2.24, 2.45) is 4.99 Å². The van der Waals surface area contributed by atoms with Crippen LogP contribution in [-0.4, -0.2) is 20.6 Å². The van der Waals surface area contributed by atoms with Crippen LogP contribution in [0.1, 0.15) is 23.3 Å². The molecule has 0 N–H and O–H groups in total. The number of rotatable bonds is 2. The fourth-order valence-corrected chi connectivity index (χ4v) is 9.32. The molecule has 1 aliphatic carbocycles. The van der Waals surface area contributed by atoms with E-state index in [1.165, 1.54) is 71.0 Å². The van der Waals surface area contributed by atoms with E-state index in [-0.39, 0.29) is 12.0 Å². The van der Waals surface area contributed by atoms with Gasteiger partial charge in [0.1, 0.15) is 11.7 Å². The molecule has 4 nitrogen and oxygen atoms in total. The number of benzene rings is 7. The standard InChI is InChI=1S/C49H30N4/c1-2-12-30-27-31(22-21-29(30)11-1)43-34-14-3-5-16-36(34)44(37-17-6-4-15-35(37)43)32-23-24-38-41(28-32)33-13-7-8-20-42(33)53-48-40-19-10-26-51-46(40)45-39(18-9-25-50-45)47(48)52-49(38)53/h1-28,40,46H. The molecule has 2 unspecified atom stereocenters. The molecule has 0 bridgehead atoms. The Morgan fingerprint density at radius 2 is 1.19 bits per heavy atom. The second-order valence-electron chi connectivity index (χ2n) is 14.3. The fraction of sp³-hybridized carbons (Fsp3) is 0.0408. The Hall–Kier alpha value is -6.91. The Morgan fingerprint density at radius 1 is 0.528 bits per heavy atom. The molecule has 12 rings (SSSR count). The summed E-state index contributed by atoms with van der Waals surface area (Å²) in [5, 5.41) is 11.0. The molecule has 53 heavy (non-hydrogen) atoms. The summed E-state index contributed by atoms with van der Waals surface area (Å²) in [6.07, 6.45) is 8.11. The molecule has 2 atom stereocenters. The lowest BCUT2D eigenvalue weighted by Crippen LogP contribution is -2.19. The van der Waals surface area contributed by atoms with E-state index >= 15 is 0 Å². The molecule has 0 saturated heterocycles. The van der Waals surface area contributed by atoms with Crippen LogP contribution >= 0.6 is 0 Å². The second-order valence-corrected chi connectivity index (χ2v) is 14.3. The predicted octanol–water partition coefficient (Wildman–Crippen LogP) is 12.3. The van der Waals surface area contributed by atoms with Gasteiger partial charge in [-0.25, -0.2) is 4.98 Å². The predicted molar refractivity (Wildman–Crippen MR) is 220 cm³/mol. The number of aliphatic imine (C=N–C) groups is 1. The zero-order valence-electron chi connectivity index (χ0n) is 28.6. The maximum atomic E-state index is 5.47. The maximum absolute atomic E-state index is 5.47. The van der Waals surface area contributed by atoms with Crippen LogP contribution in [0.5, 0.6) is 0 Å². The van der Waals surface area contributed by atoms with Gasteiger partial charge in [-0.15, -0.1) is 0 Å². The lowest BCUT2D eigenvalue weighted by molar-refractivity contribution is 0.604. The van der Waals surface area contributed by atoms with E-state index in [9.17, 15) is 0 Å². The number of allylic oxidation sites excluding steroid dienone is 1. The molecule has 0 fully saturated rings. The van der Waals surface area contributed by atoms with Crippen molar-refractivity contribution in [3.8, 4) is 33.5 Å². The third-order valence-corrected chi connectivity index (χ3v) is 11.5. The van der Waals surface area contributed by atoms with Gasteiger partial charge < -0.3 is 0 Å². The van der Waals surface area contributed by atoms with E-state index in [0.717, 1.165) is 33.5 Å². The van der Waals surface area contributed by atoms with Crippen LogP contribution in [-0.2, 0) is 0 Å². The Labute approximate surface area is 305 Å². The lowest BCUT2D eigenvalue weighted by Gasteiger charge is -2.29. The first-order valence-corrected chi connectivity index (χ1v) is 18.3. The van der Waals surface area contributed by atoms with Crippen LogP contribution in [0.25, 0.3) is 93.2 Å². The zero-order chi connectivity index (χ0) is 34.6. The van der Waals surface area contributed by atoms with E-state index in [4.69, 9.17) is 15.0 Å². The summed E-state index contributed by atoms with van der Waals surface area (Å²) >= 11 is 0. The molecule has 2 aliphatic rings. The van der Waals surface area contributed by atoms with Crippen LogP contribution in [0.3, 0.4) is 0 Å². The van der Waals surface area contributed by atoms with Crippen molar-refractivity contribution >= 4 is 65.9 Å². The van der Waals surface area contributed by atoms with Crippen molar-refractivity contribution in [1.29, 1.82) is 0 Å². The molecule has 0 spiro atoms. The van der Waals surface area contributed by atoms with Crippen LogP contribution in [0, 0.1) is 0 Å². The van der Waals surface area contributed by atoms with Gasteiger partial charge in [-0.05, 0) is 102 Å². The van der Waals surface area contributed by atoms with Gasteiger partial charge in [-0.2, -0.15) is 0 Å². The van der Waals surface area contributed by atoms with Crippen molar-refractivity contribution in [1.82, 2.24) is 14.4 Å². The highest BCUT2D eigenvalue weighted by Crippen LogP contribution is 2.50. The highest BCUT2D eigenvalue weighted by molar-refractivity contribution is 6.23. The average Bonchev–Trinajstić information content (AvgIpc) is 3.64. The number of fused-ring (bicyclic) bond motifs is 16. The van der Waals surface area contributed by atoms with E-state index in [2.05, 4.69) is 156 Å². The molecule has 4 heterocycles. The molecule has 0 saturated carbocycles. The van der Waals surface area contributed by atoms with Gasteiger partial charge in [-0.3, -0.25) is 14.4 Å². The van der Waals surface area contributed by atoms with Crippen LogP contribution in [0.15, 0.2) is 169 Å². The summed E-state index contributed by atoms with van der Waals surface area (Å²) in [5.74, 6) is 0.0476. The molecular weight excluding hydrogens is 645 g/mol. The normalized spacial score (nSPS) is 16.2. The van der Waals surface area contributed by atoms with Gasteiger partial charge >= 0.3 is 0 Å². The summed E-state index contributed by atoms with van der Waals surface area (Å²) in [6.45, 7) is 0. The molecule has 7 aromatic carbocycles. The van der Waals surface area contributed by atoms with Crippen molar-refractivity contribution in [2.75, 3.05) is 0 Å². The van der Waals surface area contributed by atoms with Gasteiger partial charge in [-0.1, -0.05) is 115 Å². The van der Waals surface area contributed by atoms with Gasteiger partial charge in [0.2, 0.25) is 0 Å². The minimum atomic E-state index is -0.0698. The smallest absolute Gasteiger partial charge is 0.146 e. The zero-order valence-corrected chi connectivity index (χ0v) is 28.6. The first-order chi connectivity index (χ1) is 26.3. The van der Waals surface area contributed by atoms with E-state index in [0.29, 0.717) is 0 Å². The van der Waals surface area contributed by atoms with Crippen molar-refractivity contribution in [3.05, 3.63) is 175 Å². The quantitative estimate of drug-likeness (QED) is 0.135. The van der Waals surface area contributed by atoms with Gasteiger partial charge in [0, 0.05) is 34.7 Å². The fourth-order valence-electron chi connectivity index (χ4n) is 9.32. The minimum absolute atomic E-state index is 0.0476. The highest BCUT2D eigenvalue weighted by Gasteiger charge is 2.38. The molecule has 1 aliphatic heterocycles. The van der Waals surface area contributed by atoms with Crippen molar-refractivity contribution in [2.45, 2.75) is 12.0 Å². The van der Waals surface area contributed by atoms with Gasteiger partial charge in [0.25, 0.3) is 0 Å². The largest absolute Gasteiger partial charge is 0.295 e. The Morgan fingerprint density at radius 3 is 1.96 bits per heavy atom. The molecule has 3 aromatic heterocycles. The Balaban J connectivity index is 1.16. The topological polar surface area (TPSA) is 42.5 Å². The number of para-hydroxylation sites is 1. The summed E-state index contributed by atoms with van der Waals surface area (Å²) in [4.78, 5) is 15.2. The molecule has 0 radical (unpaired) electrons. The summed E-state index contributed by atoms with van der Waals surface area (Å²) in [7, 11) is 0. The number of aromatic nitrogens is 3. The monoisotopic (exact) mass is 674 g/mol. The van der Waals surface area contributed by atoms with Crippen LogP contribution < -0.4 is 0 Å². The van der Waals surface area contributed by atoms with Crippen molar-refractivity contribution < 1.29 is 0 Å². The highest BCUT2D eigenvalue weighted by atomic mass is 15.1. The van der Waals surface area contributed by atoms with Crippen LogP contribution in [0.4, 0.5) is 0 Å². The van der Waals surface area contributed by atoms with Gasteiger partial charge in [0.05, 0.1) is 22.6 Å². The second kappa shape index (κ2) is 10.8. The SMILES string of the molecule is C1=CC2c3c(nc4c5ccc(-c6c7ccccc7c(-c7ccc8ccccc8c7)c7ccccc67)cc5c5ccccc5n34)-c3cccnc3C2N=C1. The minimum Gasteiger partial charge on any atom is -0.295 e. The van der Waals surface area contributed by atoms with Crippen LogP contribution in [0.2, 0.25) is 0 Å². The number of dihydropyridines is 1. The first-order valence-electron chi connectivity index (χ1n) is 18.3. The number of hydrogen-bond acceptors (Lipinski definition) is 3. The summed E-state index contributed by atoms with van der Waals surface area (Å²) in [6, 6.07) is 53.2. The molecule has 10 aromatic rings. The Bertz CT molecular complexity index is 3200. The van der Waals surface area contributed by atoms with E-state index in [1.807, 2.05) is 18.5 Å².